The van der Waals surface area contributed by atoms with Crippen LogP contribution in [0.15, 0.2) is 36.5 Å². The summed E-state index contributed by atoms with van der Waals surface area (Å²) in [5.41, 5.74) is 0.340. The normalized spacial score (nSPS) is 11.9. The van der Waals surface area contributed by atoms with Crippen LogP contribution in [-0.2, 0) is 11.2 Å². The van der Waals surface area contributed by atoms with Gasteiger partial charge in [-0.2, -0.15) is 5.10 Å². The van der Waals surface area contributed by atoms with Crippen LogP contribution in [0.1, 0.15) is 31.9 Å². The largest absolute Gasteiger partial charge is 0.311 e. The molecule has 0 spiro atoms. The van der Waals surface area contributed by atoms with E-state index in [0.29, 0.717) is 11.4 Å². The quantitative estimate of drug-likeness (QED) is 0.656. The molecule has 1 atom stereocenters. The van der Waals surface area contributed by atoms with E-state index in [9.17, 15) is 14.9 Å². The monoisotopic (exact) mass is 302 g/mol. The maximum Gasteiger partial charge on any atom is 0.273 e. The number of rotatable bonds is 6. The first-order valence-corrected chi connectivity index (χ1v) is 7.08. The zero-order valence-corrected chi connectivity index (χ0v) is 12.5. The highest BCUT2D eigenvalue weighted by Gasteiger charge is 2.17. The zero-order valence-electron chi connectivity index (χ0n) is 12.5. The molecule has 2 rings (SSSR count). The van der Waals surface area contributed by atoms with E-state index in [1.54, 1.807) is 35.1 Å². The van der Waals surface area contributed by atoms with Crippen LogP contribution >= 0.6 is 0 Å². The topological polar surface area (TPSA) is 90.1 Å². The van der Waals surface area contributed by atoms with Gasteiger partial charge in [-0.05, 0) is 13.3 Å². The van der Waals surface area contributed by atoms with E-state index in [1.165, 1.54) is 6.07 Å². The summed E-state index contributed by atoms with van der Waals surface area (Å²) < 4.78 is 1.73. The first kappa shape index (κ1) is 15.7. The fourth-order valence-electron chi connectivity index (χ4n) is 2.14. The van der Waals surface area contributed by atoms with Crippen molar-refractivity contribution >= 4 is 17.4 Å². The lowest BCUT2D eigenvalue weighted by Crippen LogP contribution is -2.19. The Kier molecular flexibility index (Phi) is 4.88. The minimum absolute atomic E-state index is 0.0481. The van der Waals surface area contributed by atoms with Gasteiger partial charge in [-0.25, -0.2) is 4.68 Å². The van der Waals surface area contributed by atoms with Gasteiger partial charge in [0.05, 0.1) is 23.6 Å². The Morgan fingerprint density at radius 3 is 2.82 bits per heavy atom. The molecule has 1 N–H and O–H groups in total. The van der Waals surface area contributed by atoms with Crippen molar-refractivity contribution < 1.29 is 9.72 Å². The van der Waals surface area contributed by atoms with Crippen LogP contribution in [0.4, 0.5) is 11.5 Å². The molecule has 0 aliphatic heterocycles. The molecule has 2 aromatic rings. The first-order chi connectivity index (χ1) is 10.5. The van der Waals surface area contributed by atoms with Gasteiger partial charge in [0.15, 0.2) is 0 Å². The summed E-state index contributed by atoms with van der Waals surface area (Å²) >= 11 is 0. The second-order valence-corrected chi connectivity index (χ2v) is 5.03. The Labute approximate surface area is 128 Å². The highest BCUT2D eigenvalue weighted by atomic mass is 16.6. The van der Waals surface area contributed by atoms with E-state index in [1.807, 2.05) is 13.8 Å². The fourth-order valence-corrected chi connectivity index (χ4v) is 2.14. The van der Waals surface area contributed by atoms with Crippen LogP contribution < -0.4 is 5.32 Å². The predicted molar refractivity (Wildman–Crippen MR) is 82.7 cm³/mol. The summed E-state index contributed by atoms with van der Waals surface area (Å²) in [6, 6.07) is 8.12. The third kappa shape index (κ3) is 3.49. The van der Waals surface area contributed by atoms with E-state index >= 15 is 0 Å². The van der Waals surface area contributed by atoms with E-state index < -0.39 is 4.92 Å². The highest BCUT2D eigenvalue weighted by Crippen LogP contribution is 2.20. The van der Waals surface area contributed by atoms with Crippen LogP contribution in [0.5, 0.6) is 0 Å². The van der Waals surface area contributed by atoms with Gasteiger partial charge in [0.2, 0.25) is 5.91 Å². The molecule has 116 valence electrons. The van der Waals surface area contributed by atoms with Crippen molar-refractivity contribution in [2.45, 2.75) is 32.7 Å². The van der Waals surface area contributed by atoms with Gasteiger partial charge in [-0.1, -0.05) is 25.1 Å². The number of hydrogen-bond acceptors (Lipinski definition) is 4. The van der Waals surface area contributed by atoms with Gasteiger partial charge in [-0.15, -0.1) is 0 Å². The van der Waals surface area contributed by atoms with Crippen LogP contribution in [0.3, 0.4) is 0 Å². The van der Waals surface area contributed by atoms with Crippen molar-refractivity contribution in [2.24, 2.45) is 0 Å². The third-order valence-electron chi connectivity index (χ3n) is 3.49. The van der Waals surface area contributed by atoms with Crippen molar-refractivity contribution in [3.63, 3.8) is 0 Å². The van der Waals surface area contributed by atoms with E-state index in [0.717, 1.165) is 6.42 Å². The second-order valence-electron chi connectivity index (χ2n) is 5.03. The van der Waals surface area contributed by atoms with E-state index in [2.05, 4.69) is 10.4 Å². The Morgan fingerprint density at radius 2 is 2.14 bits per heavy atom. The standard InChI is InChI=1S/C15H18N4O3/c1-3-11(2)18-14(8-9-16-18)17-15(20)10-12-6-4-5-7-13(12)19(21)22/h4-9,11H,3,10H2,1-2H3,(H,17,20). The van der Waals surface area contributed by atoms with Crippen molar-refractivity contribution in [2.75, 3.05) is 5.32 Å². The Bertz CT molecular complexity index is 681. The number of nitrogens with zero attached hydrogens (tertiary/aromatic N) is 3. The molecule has 1 unspecified atom stereocenters. The Morgan fingerprint density at radius 1 is 1.41 bits per heavy atom. The average molecular weight is 302 g/mol. The van der Waals surface area contributed by atoms with Crippen LogP contribution in [0.2, 0.25) is 0 Å². The molecule has 0 saturated carbocycles. The number of amides is 1. The number of nitrogens with one attached hydrogen (secondary N) is 1. The molecule has 0 aliphatic carbocycles. The molecule has 0 aliphatic rings. The van der Waals surface area contributed by atoms with Crippen molar-refractivity contribution in [3.05, 3.63) is 52.2 Å². The molecule has 22 heavy (non-hydrogen) atoms. The van der Waals surface area contributed by atoms with Gasteiger partial charge < -0.3 is 5.32 Å². The molecule has 1 heterocycles. The first-order valence-electron chi connectivity index (χ1n) is 7.08. The number of para-hydroxylation sites is 1. The number of carbonyl (C=O) groups is 1. The van der Waals surface area contributed by atoms with Crippen molar-refractivity contribution in [3.8, 4) is 0 Å². The lowest BCUT2D eigenvalue weighted by atomic mass is 10.1. The van der Waals surface area contributed by atoms with E-state index in [-0.39, 0.29) is 24.1 Å². The van der Waals surface area contributed by atoms with Gasteiger partial charge in [-0.3, -0.25) is 14.9 Å². The molecule has 7 nitrogen and oxygen atoms in total. The summed E-state index contributed by atoms with van der Waals surface area (Å²) in [6.07, 6.45) is 2.45. The molecule has 1 amide bonds. The Hall–Kier alpha value is -2.70. The average Bonchev–Trinajstić information content (AvgIpc) is 2.94. The molecule has 0 fully saturated rings. The summed E-state index contributed by atoms with van der Waals surface area (Å²) in [6.45, 7) is 4.04. The second kappa shape index (κ2) is 6.84. The number of hydrogen-bond donors (Lipinski definition) is 1. The third-order valence-corrected chi connectivity index (χ3v) is 3.49. The molecule has 1 aromatic carbocycles. The lowest BCUT2D eigenvalue weighted by molar-refractivity contribution is -0.385. The minimum atomic E-state index is -0.480. The predicted octanol–water partition coefficient (Wildman–Crippen LogP) is 2.94. The van der Waals surface area contributed by atoms with Crippen LogP contribution in [0.25, 0.3) is 0 Å². The number of carbonyl (C=O) groups excluding carboxylic acids is 1. The SMILES string of the molecule is CCC(C)n1nccc1NC(=O)Cc1ccccc1[N+](=O)[O-]. The molecular formula is C15H18N4O3. The van der Waals surface area contributed by atoms with Gasteiger partial charge in [0, 0.05) is 17.7 Å². The van der Waals surface area contributed by atoms with E-state index in [4.69, 9.17) is 0 Å². The summed E-state index contributed by atoms with van der Waals surface area (Å²) in [5.74, 6) is 0.289. The summed E-state index contributed by atoms with van der Waals surface area (Å²) in [7, 11) is 0. The minimum Gasteiger partial charge on any atom is -0.311 e. The lowest BCUT2D eigenvalue weighted by Gasteiger charge is -2.14. The van der Waals surface area contributed by atoms with Crippen molar-refractivity contribution in [1.82, 2.24) is 9.78 Å². The summed E-state index contributed by atoms with van der Waals surface area (Å²) in [5, 5.41) is 17.9. The molecule has 0 saturated heterocycles. The maximum absolute atomic E-state index is 12.1. The number of benzene rings is 1. The number of aromatic nitrogens is 2. The Balaban J connectivity index is 2.12. The maximum atomic E-state index is 12.1. The summed E-state index contributed by atoms with van der Waals surface area (Å²) in [4.78, 5) is 22.6. The molecule has 0 radical (unpaired) electrons. The van der Waals surface area contributed by atoms with Crippen LogP contribution in [-0.4, -0.2) is 20.6 Å². The van der Waals surface area contributed by atoms with Gasteiger partial charge >= 0.3 is 0 Å². The van der Waals surface area contributed by atoms with Gasteiger partial charge in [0.25, 0.3) is 5.69 Å². The molecular weight excluding hydrogens is 284 g/mol. The number of nitro groups is 1. The zero-order chi connectivity index (χ0) is 16.1. The smallest absolute Gasteiger partial charge is 0.273 e. The fraction of sp³-hybridized carbons (Fsp3) is 0.333. The molecule has 0 bridgehead atoms. The van der Waals surface area contributed by atoms with Crippen molar-refractivity contribution in [1.29, 1.82) is 0 Å². The van der Waals surface area contributed by atoms with Crippen LogP contribution in [0, 0.1) is 10.1 Å². The van der Waals surface area contributed by atoms with Gasteiger partial charge in [0.1, 0.15) is 5.82 Å². The number of nitro benzene ring substituents is 1. The number of anilines is 1. The molecule has 7 heteroatoms. The molecule has 1 aromatic heterocycles. The highest BCUT2D eigenvalue weighted by molar-refractivity contribution is 5.92.